The highest BCUT2D eigenvalue weighted by Crippen LogP contribution is 2.24. The van der Waals surface area contributed by atoms with Gasteiger partial charge in [-0.1, -0.05) is 30.7 Å². The van der Waals surface area contributed by atoms with Gasteiger partial charge >= 0.3 is 0 Å². The first-order valence-electron chi connectivity index (χ1n) is 8.96. The molecule has 1 saturated carbocycles. The number of hydrogen-bond acceptors (Lipinski definition) is 2. The normalized spacial score (nSPS) is 20.6. The van der Waals surface area contributed by atoms with Crippen molar-refractivity contribution >= 4 is 17.9 Å². The molecule has 2 unspecified atom stereocenters. The summed E-state index contributed by atoms with van der Waals surface area (Å²) >= 11 is 0. The fourth-order valence-corrected chi connectivity index (χ4v) is 3.16. The summed E-state index contributed by atoms with van der Waals surface area (Å²) < 4.78 is 13.1. The number of halogens is 1. The van der Waals surface area contributed by atoms with Gasteiger partial charge in [0.15, 0.2) is 0 Å². The third kappa shape index (κ3) is 6.69. The summed E-state index contributed by atoms with van der Waals surface area (Å²) in [6, 6.07) is 6.42. The lowest BCUT2D eigenvalue weighted by molar-refractivity contribution is -0.128. The Hall–Kier alpha value is -2.17. The van der Waals surface area contributed by atoms with E-state index >= 15 is 0 Å². The first kappa shape index (κ1) is 19.2. The first-order chi connectivity index (χ1) is 11.9. The molecule has 0 saturated heterocycles. The molecule has 2 N–H and O–H groups in total. The minimum absolute atomic E-state index is 0.0238. The molecule has 0 aliphatic heterocycles. The molecule has 1 aromatic carbocycles. The molecule has 0 heterocycles. The Morgan fingerprint density at radius 1 is 1.32 bits per heavy atom. The highest BCUT2D eigenvalue weighted by Gasteiger charge is 2.28. The van der Waals surface area contributed by atoms with Crippen LogP contribution in [0.5, 0.6) is 0 Å². The van der Waals surface area contributed by atoms with Crippen molar-refractivity contribution in [3.63, 3.8) is 0 Å². The van der Waals surface area contributed by atoms with Crippen LogP contribution < -0.4 is 10.6 Å². The predicted octanol–water partition coefficient (Wildman–Crippen LogP) is 3.43. The largest absolute Gasteiger partial charge is 0.354 e. The van der Waals surface area contributed by atoms with Gasteiger partial charge in [0, 0.05) is 24.4 Å². The van der Waals surface area contributed by atoms with E-state index in [1.54, 1.807) is 24.3 Å². The number of hydrogen-bond donors (Lipinski definition) is 2. The zero-order valence-electron chi connectivity index (χ0n) is 14.9. The van der Waals surface area contributed by atoms with Gasteiger partial charge in [0.25, 0.3) is 0 Å². The van der Waals surface area contributed by atoms with E-state index in [0.29, 0.717) is 6.42 Å². The van der Waals surface area contributed by atoms with Gasteiger partial charge in [0.2, 0.25) is 11.8 Å². The van der Waals surface area contributed by atoms with Crippen LogP contribution >= 0.6 is 0 Å². The van der Waals surface area contributed by atoms with Gasteiger partial charge in [-0.15, -0.1) is 0 Å². The summed E-state index contributed by atoms with van der Waals surface area (Å²) in [6.45, 7) is 3.90. The Bertz CT molecular complexity index is 628. The molecule has 1 aromatic rings. The quantitative estimate of drug-likeness (QED) is 0.829. The molecule has 0 aromatic heterocycles. The van der Waals surface area contributed by atoms with E-state index in [2.05, 4.69) is 10.6 Å². The van der Waals surface area contributed by atoms with Crippen molar-refractivity contribution in [3.8, 4) is 0 Å². The average molecular weight is 346 g/mol. The Morgan fingerprint density at radius 2 is 2.12 bits per heavy atom. The third-order valence-corrected chi connectivity index (χ3v) is 4.30. The first-order valence-corrected chi connectivity index (χ1v) is 8.96. The standard InChI is InChI=1S/C20H27FN2O2/c1-14(2)22-20(25)16-8-5-10-18(13-16)23-19(24)11-4-7-15-6-3-9-17(21)12-15/h3-4,6-7,9,12,14,16,18H,5,8,10-11,13H2,1-2H3,(H,22,25)(H,23,24). The number of carbonyl (C=O) groups is 2. The lowest BCUT2D eigenvalue weighted by atomic mass is 9.85. The van der Waals surface area contributed by atoms with Gasteiger partial charge in [-0.3, -0.25) is 9.59 Å². The van der Waals surface area contributed by atoms with Crippen molar-refractivity contribution in [2.75, 3.05) is 0 Å². The van der Waals surface area contributed by atoms with Crippen LogP contribution in [-0.2, 0) is 9.59 Å². The van der Waals surface area contributed by atoms with Crippen LogP contribution in [0, 0.1) is 11.7 Å². The average Bonchev–Trinajstić information content (AvgIpc) is 2.54. The zero-order chi connectivity index (χ0) is 18.2. The Morgan fingerprint density at radius 3 is 2.84 bits per heavy atom. The fraction of sp³-hybridized carbons (Fsp3) is 0.500. The summed E-state index contributed by atoms with van der Waals surface area (Å²) in [5, 5.41) is 5.96. The van der Waals surface area contributed by atoms with Crippen LogP contribution in [0.1, 0.15) is 51.5 Å². The fourth-order valence-electron chi connectivity index (χ4n) is 3.16. The summed E-state index contributed by atoms with van der Waals surface area (Å²) in [4.78, 5) is 24.2. The van der Waals surface area contributed by atoms with Crippen LogP contribution in [0.4, 0.5) is 4.39 Å². The van der Waals surface area contributed by atoms with Crippen molar-refractivity contribution in [2.24, 2.45) is 5.92 Å². The monoisotopic (exact) mass is 346 g/mol. The van der Waals surface area contributed by atoms with E-state index in [1.165, 1.54) is 12.1 Å². The van der Waals surface area contributed by atoms with Crippen molar-refractivity contribution in [2.45, 2.75) is 58.0 Å². The van der Waals surface area contributed by atoms with E-state index < -0.39 is 0 Å². The van der Waals surface area contributed by atoms with Crippen LogP contribution in [0.15, 0.2) is 30.3 Å². The van der Waals surface area contributed by atoms with Gasteiger partial charge in [-0.2, -0.15) is 0 Å². The van der Waals surface area contributed by atoms with Gasteiger partial charge < -0.3 is 10.6 Å². The van der Waals surface area contributed by atoms with Crippen LogP contribution in [-0.4, -0.2) is 23.9 Å². The maximum atomic E-state index is 13.1. The summed E-state index contributed by atoms with van der Waals surface area (Å²) in [6.07, 6.45) is 7.14. The van der Waals surface area contributed by atoms with Crippen molar-refractivity contribution in [1.29, 1.82) is 0 Å². The van der Waals surface area contributed by atoms with E-state index in [4.69, 9.17) is 0 Å². The second kappa shape index (κ2) is 9.35. The molecule has 4 nitrogen and oxygen atoms in total. The SMILES string of the molecule is CC(C)NC(=O)C1CCCC(NC(=O)CC=Cc2cccc(F)c2)C1. The molecule has 2 amide bonds. The van der Waals surface area contributed by atoms with E-state index in [-0.39, 0.29) is 42.1 Å². The highest BCUT2D eigenvalue weighted by molar-refractivity contribution is 5.80. The number of nitrogens with one attached hydrogen (secondary N) is 2. The highest BCUT2D eigenvalue weighted by atomic mass is 19.1. The number of carbonyl (C=O) groups excluding carboxylic acids is 2. The molecular weight excluding hydrogens is 319 g/mol. The van der Waals surface area contributed by atoms with Gasteiger partial charge in [0.1, 0.15) is 5.82 Å². The van der Waals surface area contributed by atoms with Gasteiger partial charge in [-0.25, -0.2) is 4.39 Å². The number of amides is 2. The number of benzene rings is 1. The van der Waals surface area contributed by atoms with Crippen LogP contribution in [0.25, 0.3) is 6.08 Å². The summed E-state index contributed by atoms with van der Waals surface area (Å²) in [5.74, 6) is -0.300. The van der Waals surface area contributed by atoms with Crippen LogP contribution in [0.2, 0.25) is 0 Å². The van der Waals surface area contributed by atoms with Crippen molar-refractivity contribution in [3.05, 3.63) is 41.7 Å². The van der Waals surface area contributed by atoms with Gasteiger partial charge in [0.05, 0.1) is 0 Å². The summed E-state index contributed by atoms with van der Waals surface area (Å²) in [7, 11) is 0. The predicted molar refractivity (Wildman–Crippen MR) is 97.2 cm³/mol. The molecular formula is C20H27FN2O2. The zero-order valence-corrected chi connectivity index (χ0v) is 14.9. The molecule has 1 fully saturated rings. The topological polar surface area (TPSA) is 58.2 Å². The molecule has 136 valence electrons. The Balaban J connectivity index is 1.78. The molecule has 2 rings (SSSR count). The molecule has 0 radical (unpaired) electrons. The van der Waals surface area contributed by atoms with E-state index in [9.17, 15) is 14.0 Å². The molecule has 1 aliphatic carbocycles. The van der Waals surface area contributed by atoms with Crippen molar-refractivity contribution in [1.82, 2.24) is 10.6 Å². The summed E-state index contributed by atoms with van der Waals surface area (Å²) in [5.41, 5.74) is 0.732. The molecule has 0 spiro atoms. The van der Waals surface area contributed by atoms with Crippen molar-refractivity contribution < 1.29 is 14.0 Å². The second-order valence-electron chi connectivity index (χ2n) is 6.95. The van der Waals surface area contributed by atoms with E-state index in [0.717, 1.165) is 24.8 Å². The molecule has 0 bridgehead atoms. The molecule has 25 heavy (non-hydrogen) atoms. The molecule has 2 atom stereocenters. The lowest BCUT2D eigenvalue weighted by Gasteiger charge is -2.29. The minimum atomic E-state index is -0.292. The smallest absolute Gasteiger partial charge is 0.224 e. The molecule has 5 heteroatoms. The van der Waals surface area contributed by atoms with Crippen LogP contribution in [0.3, 0.4) is 0 Å². The Kier molecular flexibility index (Phi) is 7.16. The van der Waals surface area contributed by atoms with E-state index in [1.807, 2.05) is 13.8 Å². The maximum absolute atomic E-state index is 13.1. The Labute approximate surface area is 148 Å². The van der Waals surface area contributed by atoms with Gasteiger partial charge in [-0.05, 0) is 50.8 Å². The lowest BCUT2D eigenvalue weighted by Crippen LogP contribution is -2.43. The number of rotatable bonds is 6. The maximum Gasteiger partial charge on any atom is 0.224 e. The third-order valence-electron chi connectivity index (χ3n) is 4.30. The minimum Gasteiger partial charge on any atom is -0.354 e. The molecule has 1 aliphatic rings. The second-order valence-corrected chi connectivity index (χ2v) is 6.95.